The molecule has 0 spiro atoms. The first kappa shape index (κ1) is 20.2. The molecule has 1 aromatic rings. The second-order valence-corrected chi connectivity index (χ2v) is 7.80. The fourth-order valence-electron chi connectivity index (χ4n) is 2.86. The minimum absolute atomic E-state index is 0.0283. The van der Waals surface area contributed by atoms with Gasteiger partial charge in [-0.25, -0.2) is 0 Å². The third-order valence-corrected chi connectivity index (χ3v) is 5.04. The van der Waals surface area contributed by atoms with Crippen molar-refractivity contribution in [3.05, 3.63) is 35.4 Å². The van der Waals surface area contributed by atoms with Crippen molar-refractivity contribution in [3.63, 3.8) is 0 Å². The highest BCUT2D eigenvalue weighted by Crippen LogP contribution is 2.28. The summed E-state index contributed by atoms with van der Waals surface area (Å²) in [7, 11) is 4.19. The summed E-state index contributed by atoms with van der Waals surface area (Å²) >= 11 is 1.89. The lowest BCUT2D eigenvalue weighted by atomic mass is 9.95. The predicted molar refractivity (Wildman–Crippen MR) is 104 cm³/mol. The minimum Gasteiger partial charge on any atom is -0.309 e. The third kappa shape index (κ3) is 8.57. The Hall–Kier alpha value is -0.800. The molecule has 0 bridgehead atoms. The first-order chi connectivity index (χ1) is 11.1. The van der Waals surface area contributed by atoms with E-state index in [1.54, 1.807) is 0 Å². The van der Waals surface area contributed by atoms with Crippen molar-refractivity contribution in [3.8, 4) is 0 Å². The smallest absolute Gasteiger partial charge is 0.127 e. The molecule has 0 N–H and O–H groups in total. The molecule has 3 heteroatoms. The number of thioether (sulfide) groups is 1. The van der Waals surface area contributed by atoms with Crippen molar-refractivity contribution >= 4 is 18.0 Å². The van der Waals surface area contributed by atoms with Crippen molar-refractivity contribution in [1.82, 2.24) is 4.90 Å². The number of benzene rings is 1. The Morgan fingerprint density at radius 3 is 2.26 bits per heavy atom. The number of hydrogen-bond donors (Lipinski definition) is 0. The van der Waals surface area contributed by atoms with E-state index in [2.05, 4.69) is 49.5 Å². The van der Waals surface area contributed by atoms with Gasteiger partial charge in [0, 0.05) is 18.2 Å². The Bertz CT molecular complexity index is 424. The van der Waals surface area contributed by atoms with Gasteiger partial charge in [0.15, 0.2) is 0 Å². The first-order valence-corrected chi connectivity index (χ1v) is 10.1. The Kier molecular flexibility index (Phi) is 10.3. The summed E-state index contributed by atoms with van der Waals surface area (Å²) in [6, 6.07) is 8.58. The molecular weight excluding hydrogens is 302 g/mol. The van der Waals surface area contributed by atoms with Crippen LogP contribution < -0.4 is 0 Å². The topological polar surface area (TPSA) is 20.3 Å². The number of nitrogens with zero attached hydrogens (tertiary/aromatic N) is 1. The van der Waals surface area contributed by atoms with E-state index in [1.807, 2.05) is 18.7 Å². The van der Waals surface area contributed by atoms with Gasteiger partial charge in [-0.2, -0.15) is 11.8 Å². The van der Waals surface area contributed by atoms with Gasteiger partial charge in [0.2, 0.25) is 0 Å². The maximum absolute atomic E-state index is 10.7. The average Bonchev–Trinajstić information content (AvgIpc) is 3.06. The molecule has 0 heterocycles. The van der Waals surface area contributed by atoms with Gasteiger partial charge in [0.05, 0.1) is 0 Å². The van der Waals surface area contributed by atoms with Gasteiger partial charge in [-0.3, -0.25) is 0 Å². The van der Waals surface area contributed by atoms with Crippen LogP contribution in [0.15, 0.2) is 24.3 Å². The van der Waals surface area contributed by atoms with E-state index in [0.29, 0.717) is 0 Å². The van der Waals surface area contributed by atoms with Crippen molar-refractivity contribution < 1.29 is 4.79 Å². The van der Waals surface area contributed by atoms with Crippen LogP contribution in [-0.4, -0.2) is 43.8 Å². The van der Waals surface area contributed by atoms with Crippen LogP contribution in [0, 0.1) is 5.92 Å². The fraction of sp³-hybridized carbons (Fsp3) is 0.650. The van der Waals surface area contributed by atoms with Crippen LogP contribution in [0.3, 0.4) is 0 Å². The highest BCUT2D eigenvalue weighted by molar-refractivity contribution is 7.98. The van der Waals surface area contributed by atoms with Gasteiger partial charge in [-0.05, 0) is 43.8 Å². The van der Waals surface area contributed by atoms with Gasteiger partial charge in [-0.1, -0.05) is 56.9 Å². The van der Waals surface area contributed by atoms with Crippen LogP contribution in [0.4, 0.5) is 0 Å². The van der Waals surface area contributed by atoms with Crippen LogP contribution in [0.2, 0.25) is 0 Å². The van der Waals surface area contributed by atoms with Crippen LogP contribution in [-0.2, 0) is 11.2 Å². The summed E-state index contributed by atoms with van der Waals surface area (Å²) in [4.78, 5) is 12.9. The van der Waals surface area contributed by atoms with Crippen molar-refractivity contribution in [2.45, 2.75) is 44.9 Å². The third-order valence-electron chi connectivity index (χ3n) is 4.45. The van der Waals surface area contributed by atoms with E-state index in [-0.39, 0.29) is 5.92 Å². The average molecular weight is 336 g/mol. The van der Waals surface area contributed by atoms with Crippen molar-refractivity contribution in [2.75, 3.05) is 32.6 Å². The van der Waals surface area contributed by atoms with E-state index >= 15 is 0 Å². The zero-order valence-corrected chi connectivity index (χ0v) is 16.1. The molecule has 130 valence electrons. The zero-order valence-electron chi connectivity index (χ0n) is 15.3. The highest BCUT2D eigenvalue weighted by Gasteiger charge is 2.15. The number of carbonyl (C=O) groups excluding carboxylic acids is 1. The van der Waals surface area contributed by atoms with Crippen LogP contribution >= 0.6 is 11.8 Å². The van der Waals surface area contributed by atoms with Gasteiger partial charge < -0.3 is 9.69 Å². The van der Waals surface area contributed by atoms with E-state index in [1.165, 1.54) is 50.0 Å². The second kappa shape index (κ2) is 11.7. The predicted octanol–water partition coefficient (Wildman–Crippen LogP) is 4.63. The van der Waals surface area contributed by atoms with Crippen molar-refractivity contribution in [1.29, 1.82) is 0 Å². The van der Waals surface area contributed by atoms with Crippen LogP contribution in [0.1, 0.15) is 49.7 Å². The molecule has 0 aliphatic heterocycles. The molecule has 1 unspecified atom stereocenters. The molecule has 0 aromatic heterocycles. The second-order valence-electron chi connectivity index (χ2n) is 6.82. The molecule has 1 aliphatic rings. The SMILES string of the molecule is CC(C=O)c1ccc(CC2CCCC2)cc1.CSCCN(C)C. The molecule has 2 rings (SSSR count). The summed E-state index contributed by atoms with van der Waals surface area (Å²) in [6.07, 6.45) is 9.96. The monoisotopic (exact) mass is 335 g/mol. The molecule has 1 aromatic carbocycles. The molecule has 0 radical (unpaired) electrons. The van der Waals surface area contributed by atoms with E-state index in [0.717, 1.165) is 17.8 Å². The highest BCUT2D eigenvalue weighted by atomic mass is 32.2. The quantitative estimate of drug-likeness (QED) is 0.677. The Morgan fingerprint density at radius 1 is 1.22 bits per heavy atom. The number of aldehydes is 1. The maximum Gasteiger partial charge on any atom is 0.127 e. The van der Waals surface area contributed by atoms with Gasteiger partial charge >= 0.3 is 0 Å². The lowest BCUT2D eigenvalue weighted by Crippen LogP contribution is -2.14. The molecule has 0 saturated heterocycles. The summed E-state index contributed by atoms with van der Waals surface area (Å²) < 4.78 is 0. The first-order valence-electron chi connectivity index (χ1n) is 8.74. The molecule has 1 aliphatic carbocycles. The van der Waals surface area contributed by atoms with Crippen LogP contribution in [0.25, 0.3) is 0 Å². The van der Waals surface area contributed by atoms with Crippen LogP contribution in [0.5, 0.6) is 0 Å². The number of carbonyl (C=O) groups is 1. The van der Waals surface area contributed by atoms with Gasteiger partial charge in [0.1, 0.15) is 6.29 Å². The molecule has 1 atom stereocenters. The minimum atomic E-state index is 0.0283. The summed E-state index contributed by atoms with van der Waals surface area (Å²) in [5.41, 5.74) is 2.55. The molecule has 1 saturated carbocycles. The summed E-state index contributed by atoms with van der Waals surface area (Å²) in [5.74, 6) is 2.17. The largest absolute Gasteiger partial charge is 0.309 e. The van der Waals surface area contributed by atoms with E-state index in [4.69, 9.17) is 0 Å². The molecule has 2 nitrogen and oxygen atoms in total. The molecule has 1 fully saturated rings. The lowest BCUT2D eigenvalue weighted by Gasteiger charge is -2.10. The van der Waals surface area contributed by atoms with E-state index < -0.39 is 0 Å². The fourth-order valence-corrected chi connectivity index (χ4v) is 3.41. The number of hydrogen-bond acceptors (Lipinski definition) is 3. The summed E-state index contributed by atoms with van der Waals surface area (Å²) in [6.45, 7) is 3.14. The Balaban J connectivity index is 0.000000322. The Labute approximate surface area is 147 Å². The lowest BCUT2D eigenvalue weighted by molar-refractivity contribution is -0.108. The van der Waals surface area contributed by atoms with Gasteiger partial charge in [0.25, 0.3) is 0 Å². The Morgan fingerprint density at radius 2 is 1.83 bits per heavy atom. The van der Waals surface area contributed by atoms with Gasteiger partial charge in [-0.15, -0.1) is 0 Å². The number of rotatable bonds is 7. The maximum atomic E-state index is 10.7. The summed E-state index contributed by atoms with van der Waals surface area (Å²) in [5, 5.41) is 0. The molecule has 23 heavy (non-hydrogen) atoms. The zero-order chi connectivity index (χ0) is 17.1. The molecular formula is C20H33NOS. The normalized spacial score (nSPS) is 16.0. The standard InChI is InChI=1S/C15H20O.C5H13NS/c1-12(11-16)15-8-6-14(7-9-15)10-13-4-2-3-5-13;1-6(2)4-5-7-3/h6-9,11-13H,2-5,10H2,1H3;4-5H2,1-3H3. The molecule has 0 amide bonds. The van der Waals surface area contributed by atoms with Crippen molar-refractivity contribution in [2.24, 2.45) is 5.92 Å². The van der Waals surface area contributed by atoms with E-state index in [9.17, 15) is 4.79 Å².